The summed E-state index contributed by atoms with van der Waals surface area (Å²) in [5, 5.41) is 0. The Morgan fingerprint density at radius 2 is 1.96 bits per heavy atom. The van der Waals surface area contributed by atoms with Crippen LogP contribution in [0.25, 0.3) is 0 Å². The van der Waals surface area contributed by atoms with Crippen LogP contribution in [0.2, 0.25) is 0 Å². The predicted molar refractivity (Wildman–Crippen MR) is 107 cm³/mol. The van der Waals surface area contributed by atoms with Crippen LogP contribution in [0.15, 0.2) is 42.5 Å². The van der Waals surface area contributed by atoms with Crippen LogP contribution >= 0.6 is 0 Å². The molecule has 1 aliphatic rings. The minimum absolute atomic E-state index is 0.110. The number of sulfonamides is 1. The molecule has 0 aromatic heterocycles. The molecule has 0 N–H and O–H groups in total. The second-order valence-corrected chi connectivity index (χ2v) is 8.81. The fourth-order valence-corrected chi connectivity index (χ4v) is 4.81. The molecule has 0 spiro atoms. The molecule has 1 atom stereocenters. The normalized spacial score (nSPS) is 15.8. The van der Waals surface area contributed by atoms with Crippen molar-refractivity contribution in [2.24, 2.45) is 0 Å². The number of amides is 1. The van der Waals surface area contributed by atoms with Crippen LogP contribution in [0.1, 0.15) is 28.4 Å². The maximum Gasteiger partial charge on any atom is 0.254 e. The van der Waals surface area contributed by atoms with Crippen molar-refractivity contribution < 1.29 is 17.6 Å². The summed E-state index contributed by atoms with van der Waals surface area (Å²) in [5.74, 6) is 1.88. The summed E-state index contributed by atoms with van der Waals surface area (Å²) in [6.07, 6.45) is 7.13. The largest absolute Gasteiger partial charge is 0.323 e. The van der Waals surface area contributed by atoms with Gasteiger partial charge in [-0.15, -0.1) is 6.42 Å². The SMILES string of the molecule is C#CCN(Cc1ccc(F)cc1)C(=O)c1ccc2c(c1)CC(C)N2S(C)(=O)=O. The Balaban J connectivity index is 1.88. The van der Waals surface area contributed by atoms with Gasteiger partial charge in [0.25, 0.3) is 5.91 Å². The molecule has 2 aromatic carbocycles. The number of hydrogen-bond donors (Lipinski definition) is 0. The highest BCUT2D eigenvalue weighted by molar-refractivity contribution is 7.92. The van der Waals surface area contributed by atoms with Gasteiger partial charge >= 0.3 is 0 Å². The van der Waals surface area contributed by atoms with E-state index in [9.17, 15) is 17.6 Å². The fourth-order valence-electron chi connectivity index (χ4n) is 3.54. The van der Waals surface area contributed by atoms with Crippen molar-refractivity contribution in [2.75, 3.05) is 17.1 Å². The number of carbonyl (C=O) groups excluding carboxylic acids is 1. The molecule has 0 aliphatic carbocycles. The number of anilines is 1. The summed E-state index contributed by atoms with van der Waals surface area (Å²) in [6, 6.07) is 10.7. The maximum absolute atomic E-state index is 13.1. The number of nitrogens with zero attached hydrogens (tertiary/aromatic N) is 2. The van der Waals surface area contributed by atoms with Crippen molar-refractivity contribution in [3.8, 4) is 12.3 Å². The van der Waals surface area contributed by atoms with Gasteiger partial charge in [-0.2, -0.15) is 0 Å². The van der Waals surface area contributed by atoms with E-state index in [1.54, 1.807) is 30.3 Å². The van der Waals surface area contributed by atoms with Gasteiger partial charge in [-0.25, -0.2) is 12.8 Å². The van der Waals surface area contributed by atoms with E-state index in [-0.39, 0.29) is 30.9 Å². The van der Waals surface area contributed by atoms with E-state index in [0.29, 0.717) is 17.7 Å². The summed E-state index contributed by atoms with van der Waals surface area (Å²) in [6.45, 7) is 2.20. The summed E-state index contributed by atoms with van der Waals surface area (Å²) < 4.78 is 38.6. The van der Waals surface area contributed by atoms with Gasteiger partial charge in [0.1, 0.15) is 5.82 Å². The third kappa shape index (κ3) is 4.02. The smallest absolute Gasteiger partial charge is 0.254 e. The first-order chi connectivity index (χ1) is 13.2. The maximum atomic E-state index is 13.1. The summed E-state index contributed by atoms with van der Waals surface area (Å²) >= 11 is 0. The highest BCUT2D eigenvalue weighted by Crippen LogP contribution is 2.35. The monoisotopic (exact) mass is 400 g/mol. The van der Waals surface area contributed by atoms with E-state index in [1.165, 1.54) is 27.6 Å². The summed E-state index contributed by atoms with van der Waals surface area (Å²) in [4.78, 5) is 14.5. The molecule has 1 heterocycles. The summed E-state index contributed by atoms with van der Waals surface area (Å²) in [5.41, 5.74) is 2.63. The quantitative estimate of drug-likeness (QED) is 0.726. The highest BCUT2D eigenvalue weighted by Gasteiger charge is 2.33. The topological polar surface area (TPSA) is 57.7 Å². The number of hydrogen-bond acceptors (Lipinski definition) is 3. The minimum atomic E-state index is -3.39. The molecule has 1 unspecified atom stereocenters. The predicted octanol–water partition coefficient (Wildman–Crippen LogP) is 2.81. The molecular weight excluding hydrogens is 379 g/mol. The van der Waals surface area contributed by atoms with Gasteiger partial charge in [-0.3, -0.25) is 9.10 Å². The molecule has 0 bridgehead atoms. The van der Waals surface area contributed by atoms with Gasteiger partial charge in [0.2, 0.25) is 10.0 Å². The fraction of sp³-hybridized carbons (Fsp3) is 0.286. The molecule has 0 radical (unpaired) electrons. The van der Waals surface area contributed by atoms with Crippen molar-refractivity contribution in [3.05, 3.63) is 65.0 Å². The molecule has 7 heteroatoms. The number of halogens is 1. The lowest BCUT2D eigenvalue weighted by Gasteiger charge is -2.23. The van der Waals surface area contributed by atoms with E-state index in [1.807, 2.05) is 6.92 Å². The molecule has 5 nitrogen and oxygen atoms in total. The van der Waals surface area contributed by atoms with Gasteiger partial charge in [-0.1, -0.05) is 18.1 Å². The van der Waals surface area contributed by atoms with E-state index in [0.717, 1.165) is 11.1 Å². The number of benzene rings is 2. The minimum Gasteiger partial charge on any atom is -0.323 e. The Kier molecular flexibility index (Phi) is 5.43. The van der Waals surface area contributed by atoms with Gasteiger partial charge in [0.15, 0.2) is 0 Å². The molecule has 0 saturated carbocycles. The molecule has 1 amide bonds. The molecule has 28 heavy (non-hydrogen) atoms. The standard InChI is InChI=1S/C21H21FN2O3S/c1-4-11-23(14-16-5-8-19(22)9-6-16)21(25)17-7-10-20-18(13-17)12-15(2)24(20)28(3,26)27/h1,5-10,13,15H,11-12,14H2,2-3H3. The first-order valence-corrected chi connectivity index (χ1v) is 10.6. The van der Waals surface area contributed by atoms with Crippen LogP contribution in [0.5, 0.6) is 0 Å². The van der Waals surface area contributed by atoms with Crippen molar-refractivity contribution >= 4 is 21.6 Å². The van der Waals surface area contributed by atoms with E-state index in [4.69, 9.17) is 6.42 Å². The lowest BCUT2D eigenvalue weighted by molar-refractivity contribution is 0.0765. The van der Waals surface area contributed by atoms with Crippen molar-refractivity contribution in [2.45, 2.75) is 25.9 Å². The molecule has 0 saturated heterocycles. The zero-order valence-corrected chi connectivity index (χ0v) is 16.5. The van der Waals surface area contributed by atoms with Crippen LogP contribution in [-0.2, 0) is 23.0 Å². The van der Waals surface area contributed by atoms with Crippen molar-refractivity contribution in [3.63, 3.8) is 0 Å². The van der Waals surface area contributed by atoms with Gasteiger partial charge in [-0.05, 0) is 54.8 Å². The van der Waals surface area contributed by atoms with Gasteiger partial charge < -0.3 is 4.90 Å². The second kappa shape index (κ2) is 7.64. The number of terminal acetylenes is 1. The average Bonchev–Trinajstić information content (AvgIpc) is 2.97. The lowest BCUT2D eigenvalue weighted by atomic mass is 10.1. The molecular formula is C21H21FN2O3S. The Bertz CT molecular complexity index is 1040. The van der Waals surface area contributed by atoms with E-state index >= 15 is 0 Å². The summed E-state index contributed by atoms with van der Waals surface area (Å²) in [7, 11) is -3.39. The molecule has 0 fully saturated rings. The lowest BCUT2D eigenvalue weighted by Crippen LogP contribution is -2.34. The third-order valence-electron chi connectivity index (χ3n) is 4.69. The molecule has 146 valence electrons. The molecule has 2 aromatic rings. The van der Waals surface area contributed by atoms with Crippen LogP contribution < -0.4 is 4.31 Å². The van der Waals surface area contributed by atoms with Crippen LogP contribution in [-0.4, -0.2) is 38.1 Å². The van der Waals surface area contributed by atoms with E-state index < -0.39 is 10.0 Å². The Morgan fingerprint density at radius 3 is 2.57 bits per heavy atom. The van der Waals surface area contributed by atoms with Crippen LogP contribution in [0.3, 0.4) is 0 Å². The van der Waals surface area contributed by atoms with E-state index in [2.05, 4.69) is 5.92 Å². The van der Waals surface area contributed by atoms with Gasteiger partial charge in [0.05, 0.1) is 18.5 Å². The Morgan fingerprint density at radius 1 is 1.29 bits per heavy atom. The first-order valence-electron chi connectivity index (χ1n) is 8.80. The van der Waals surface area contributed by atoms with Crippen LogP contribution in [0, 0.1) is 18.2 Å². The first kappa shape index (κ1) is 19.9. The Hall–Kier alpha value is -2.85. The molecule has 1 aliphatic heterocycles. The van der Waals surface area contributed by atoms with Crippen molar-refractivity contribution in [1.29, 1.82) is 0 Å². The Labute approximate surface area is 164 Å². The zero-order chi connectivity index (χ0) is 20.5. The van der Waals surface area contributed by atoms with Crippen molar-refractivity contribution in [1.82, 2.24) is 4.90 Å². The van der Waals surface area contributed by atoms with Crippen LogP contribution in [0.4, 0.5) is 10.1 Å². The molecule has 3 rings (SSSR count). The number of carbonyl (C=O) groups is 1. The number of rotatable bonds is 5. The number of fused-ring (bicyclic) bond motifs is 1. The zero-order valence-electron chi connectivity index (χ0n) is 15.7. The third-order valence-corrected chi connectivity index (χ3v) is 5.96. The average molecular weight is 400 g/mol. The second-order valence-electron chi connectivity index (χ2n) is 6.95. The highest BCUT2D eigenvalue weighted by atomic mass is 32.2. The van der Waals surface area contributed by atoms with Gasteiger partial charge in [0, 0.05) is 18.2 Å².